The van der Waals surface area contributed by atoms with Gasteiger partial charge >= 0.3 is 0 Å². The van der Waals surface area contributed by atoms with Gasteiger partial charge in [-0.1, -0.05) is 40.7 Å². The van der Waals surface area contributed by atoms with Crippen molar-refractivity contribution in [1.29, 1.82) is 0 Å². The molecule has 1 N–H and O–H groups in total. The Balaban J connectivity index is 3.17. The predicted octanol–water partition coefficient (Wildman–Crippen LogP) is 2.32. The summed E-state index contributed by atoms with van der Waals surface area (Å²) >= 11 is 0. The minimum absolute atomic E-state index is 0.0295. The Morgan fingerprint density at radius 1 is 1.38 bits per heavy atom. The number of hydrogen-bond donors (Lipinski definition) is 1. The van der Waals surface area contributed by atoms with Crippen LogP contribution in [0.4, 0.5) is 0 Å². The Labute approximate surface area is 80.4 Å². The fourth-order valence-corrected chi connectivity index (χ4v) is 2.36. The molecule has 0 fully saturated rings. The van der Waals surface area contributed by atoms with Crippen LogP contribution < -0.4 is 5.32 Å². The van der Waals surface area contributed by atoms with Gasteiger partial charge in [-0.15, -0.1) is 0 Å². The van der Waals surface area contributed by atoms with Crippen LogP contribution in [0.1, 0.15) is 34.6 Å². The molecule has 0 saturated heterocycles. The van der Waals surface area contributed by atoms with E-state index in [1.165, 1.54) is 0 Å². The molecule has 0 aromatic carbocycles. The Bertz CT molecular complexity index is 247. The first kappa shape index (κ1) is 10.3. The predicted molar refractivity (Wildman–Crippen MR) is 54.0 cm³/mol. The molecule has 1 rings (SSSR count). The van der Waals surface area contributed by atoms with E-state index in [4.69, 9.17) is 0 Å². The summed E-state index contributed by atoms with van der Waals surface area (Å²) in [5.41, 5.74) is -0.370. The number of amides is 1. The summed E-state index contributed by atoms with van der Waals surface area (Å²) in [5.74, 6) is 0.459. The number of rotatable bonds is 1. The summed E-state index contributed by atoms with van der Waals surface area (Å²) in [5, 5.41) is 2.78. The van der Waals surface area contributed by atoms with Crippen LogP contribution in [0.3, 0.4) is 0 Å². The lowest BCUT2D eigenvalue weighted by Crippen LogP contribution is -2.46. The number of nitrogens with one attached hydrogen (secondary N) is 1. The Morgan fingerprint density at radius 3 is 2.08 bits per heavy atom. The van der Waals surface area contributed by atoms with Gasteiger partial charge < -0.3 is 5.32 Å². The first-order chi connectivity index (χ1) is 5.82. The topological polar surface area (TPSA) is 29.1 Å². The van der Waals surface area contributed by atoms with E-state index in [2.05, 4.69) is 39.9 Å². The molecule has 0 aliphatic carbocycles. The van der Waals surface area contributed by atoms with Crippen molar-refractivity contribution >= 4 is 5.91 Å². The largest absolute Gasteiger partial charge is 0.332 e. The van der Waals surface area contributed by atoms with Gasteiger partial charge in [-0.25, -0.2) is 0 Å². The standard InChI is InChI=1S/C11H19NO/c1-8(2)11(10(3,4)5)6-7-12-9(11)13/h6-8H,1-5H3,(H,12,13). The van der Waals surface area contributed by atoms with Crippen LogP contribution in [-0.4, -0.2) is 5.91 Å². The van der Waals surface area contributed by atoms with E-state index in [1.807, 2.05) is 6.08 Å². The second-order valence-electron chi connectivity index (χ2n) is 5.08. The van der Waals surface area contributed by atoms with Gasteiger partial charge in [0, 0.05) is 6.20 Å². The minimum atomic E-state index is -0.340. The highest BCUT2D eigenvalue weighted by Crippen LogP contribution is 2.47. The van der Waals surface area contributed by atoms with E-state index in [1.54, 1.807) is 6.20 Å². The SMILES string of the molecule is CC(C)C1(C(C)(C)C)C=CNC1=O. The van der Waals surface area contributed by atoms with Gasteiger partial charge in [-0.2, -0.15) is 0 Å². The van der Waals surface area contributed by atoms with E-state index in [-0.39, 0.29) is 16.7 Å². The van der Waals surface area contributed by atoms with Crippen molar-refractivity contribution in [2.24, 2.45) is 16.7 Å². The van der Waals surface area contributed by atoms with Crippen LogP contribution in [0.15, 0.2) is 12.3 Å². The molecule has 0 radical (unpaired) electrons. The Kier molecular flexibility index (Phi) is 2.27. The maximum Gasteiger partial charge on any atom is 0.234 e. The number of hydrogen-bond acceptors (Lipinski definition) is 1. The second-order valence-corrected chi connectivity index (χ2v) is 5.08. The molecule has 2 heteroatoms. The van der Waals surface area contributed by atoms with Crippen LogP contribution in [0, 0.1) is 16.7 Å². The maximum absolute atomic E-state index is 11.8. The van der Waals surface area contributed by atoms with E-state index >= 15 is 0 Å². The third kappa shape index (κ3) is 1.28. The molecule has 0 bridgehead atoms. The molecule has 1 amide bonds. The third-order valence-corrected chi connectivity index (χ3v) is 3.09. The van der Waals surface area contributed by atoms with Gasteiger partial charge in [0.2, 0.25) is 5.91 Å². The van der Waals surface area contributed by atoms with Crippen LogP contribution in [0.2, 0.25) is 0 Å². The molecular weight excluding hydrogens is 162 g/mol. The Morgan fingerprint density at radius 2 is 1.92 bits per heavy atom. The zero-order valence-corrected chi connectivity index (χ0v) is 9.14. The molecule has 1 aliphatic heterocycles. The van der Waals surface area contributed by atoms with Crippen molar-refractivity contribution in [2.75, 3.05) is 0 Å². The van der Waals surface area contributed by atoms with E-state index in [0.717, 1.165) is 0 Å². The summed E-state index contributed by atoms with van der Waals surface area (Å²) in [4.78, 5) is 11.8. The average Bonchev–Trinajstić information content (AvgIpc) is 2.29. The van der Waals surface area contributed by atoms with Crippen molar-refractivity contribution in [3.63, 3.8) is 0 Å². The molecule has 1 atom stereocenters. The normalized spacial score (nSPS) is 28.3. The van der Waals surface area contributed by atoms with Gasteiger partial charge in [0.05, 0.1) is 5.41 Å². The van der Waals surface area contributed by atoms with Crippen molar-refractivity contribution < 1.29 is 4.79 Å². The molecule has 0 aromatic heterocycles. The smallest absolute Gasteiger partial charge is 0.234 e. The van der Waals surface area contributed by atoms with Gasteiger partial charge in [0.25, 0.3) is 0 Å². The van der Waals surface area contributed by atoms with Crippen molar-refractivity contribution in [3.05, 3.63) is 12.3 Å². The van der Waals surface area contributed by atoms with Crippen molar-refractivity contribution in [2.45, 2.75) is 34.6 Å². The van der Waals surface area contributed by atoms with E-state index < -0.39 is 0 Å². The van der Waals surface area contributed by atoms with Crippen LogP contribution >= 0.6 is 0 Å². The lowest BCUT2D eigenvalue weighted by Gasteiger charge is -2.41. The van der Waals surface area contributed by atoms with E-state index in [9.17, 15) is 4.79 Å². The lowest BCUT2D eigenvalue weighted by atomic mass is 9.61. The molecule has 74 valence electrons. The van der Waals surface area contributed by atoms with Crippen LogP contribution in [-0.2, 0) is 4.79 Å². The summed E-state index contributed by atoms with van der Waals surface area (Å²) in [6.07, 6.45) is 3.79. The molecule has 0 spiro atoms. The lowest BCUT2D eigenvalue weighted by molar-refractivity contribution is -0.134. The summed E-state index contributed by atoms with van der Waals surface area (Å²) < 4.78 is 0. The third-order valence-electron chi connectivity index (χ3n) is 3.09. The molecule has 1 heterocycles. The monoisotopic (exact) mass is 181 g/mol. The molecule has 0 saturated carbocycles. The van der Waals surface area contributed by atoms with Gasteiger partial charge in [0.1, 0.15) is 0 Å². The summed E-state index contributed by atoms with van der Waals surface area (Å²) in [6.45, 7) is 10.5. The second kappa shape index (κ2) is 2.86. The van der Waals surface area contributed by atoms with Crippen molar-refractivity contribution in [3.8, 4) is 0 Å². The number of carbonyl (C=O) groups is 1. The zero-order valence-electron chi connectivity index (χ0n) is 9.14. The summed E-state index contributed by atoms with van der Waals surface area (Å²) in [6, 6.07) is 0. The van der Waals surface area contributed by atoms with E-state index in [0.29, 0.717) is 5.92 Å². The fraction of sp³-hybridized carbons (Fsp3) is 0.727. The molecule has 1 unspecified atom stereocenters. The average molecular weight is 181 g/mol. The molecular formula is C11H19NO. The first-order valence-electron chi connectivity index (χ1n) is 4.81. The van der Waals surface area contributed by atoms with Gasteiger partial charge in [-0.05, 0) is 11.3 Å². The first-order valence-corrected chi connectivity index (χ1v) is 4.81. The van der Waals surface area contributed by atoms with Gasteiger partial charge in [-0.3, -0.25) is 4.79 Å². The minimum Gasteiger partial charge on any atom is -0.332 e. The van der Waals surface area contributed by atoms with Gasteiger partial charge in [0.15, 0.2) is 0 Å². The quantitative estimate of drug-likeness (QED) is 0.661. The van der Waals surface area contributed by atoms with Crippen molar-refractivity contribution in [1.82, 2.24) is 5.32 Å². The molecule has 1 aliphatic rings. The highest BCUT2D eigenvalue weighted by Gasteiger charge is 2.50. The highest BCUT2D eigenvalue weighted by molar-refractivity contribution is 5.89. The maximum atomic E-state index is 11.8. The highest BCUT2D eigenvalue weighted by atomic mass is 16.2. The Hall–Kier alpha value is -0.790. The number of carbonyl (C=O) groups excluding carboxylic acids is 1. The molecule has 13 heavy (non-hydrogen) atoms. The molecule has 2 nitrogen and oxygen atoms in total. The van der Waals surface area contributed by atoms with Crippen LogP contribution in [0.5, 0.6) is 0 Å². The molecule has 0 aromatic rings. The fourth-order valence-electron chi connectivity index (χ4n) is 2.36. The summed E-state index contributed by atoms with van der Waals surface area (Å²) in [7, 11) is 0. The zero-order chi connectivity index (χ0) is 10.3. The van der Waals surface area contributed by atoms with Crippen LogP contribution in [0.25, 0.3) is 0 Å².